The third kappa shape index (κ3) is 2.51. The standard InChI is InChI=1S/C18H18N2O2S/c1-21-16-7-12-10-20-11-13(18-4-3-5-23-18)6-14(20)9-19-15(12)8-17(16)22-2/h3-5,7-9,11,14H,6,10H2,1-2H3/t14-/m0/s1. The second-order valence-electron chi connectivity index (χ2n) is 5.69. The molecule has 0 bridgehead atoms. The summed E-state index contributed by atoms with van der Waals surface area (Å²) in [5, 5.41) is 2.13. The number of ether oxygens (including phenoxy) is 2. The molecule has 2 aromatic rings. The summed E-state index contributed by atoms with van der Waals surface area (Å²) in [6.07, 6.45) is 5.33. The van der Waals surface area contributed by atoms with Crippen LogP contribution in [0.25, 0.3) is 5.57 Å². The van der Waals surface area contributed by atoms with Crippen molar-refractivity contribution in [1.29, 1.82) is 0 Å². The van der Waals surface area contributed by atoms with Gasteiger partial charge in [-0.3, -0.25) is 4.99 Å². The molecule has 2 aliphatic heterocycles. The quantitative estimate of drug-likeness (QED) is 0.852. The van der Waals surface area contributed by atoms with Crippen molar-refractivity contribution in [2.45, 2.75) is 19.0 Å². The Morgan fingerprint density at radius 3 is 2.78 bits per heavy atom. The summed E-state index contributed by atoms with van der Waals surface area (Å²) < 4.78 is 10.8. The number of aliphatic imine (C=N–C) groups is 1. The molecule has 23 heavy (non-hydrogen) atoms. The van der Waals surface area contributed by atoms with Gasteiger partial charge in [0.05, 0.1) is 25.9 Å². The van der Waals surface area contributed by atoms with Gasteiger partial charge in [0, 0.05) is 41.9 Å². The predicted molar refractivity (Wildman–Crippen MR) is 93.9 cm³/mol. The van der Waals surface area contributed by atoms with Gasteiger partial charge in [0.2, 0.25) is 0 Å². The van der Waals surface area contributed by atoms with Crippen molar-refractivity contribution in [3.8, 4) is 11.5 Å². The maximum absolute atomic E-state index is 5.43. The molecule has 1 aromatic carbocycles. The molecule has 0 unspecified atom stereocenters. The van der Waals surface area contributed by atoms with Gasteiger partial charge in [-0.15, -0.1) is 11.3 Å². The lowest BCUT2D eigenvalue weighted by molar-refractivity contribution is 0.348. The molecule has 0 aliphatic carbocycles. The van der Waals surface area contributed by atoms with Crippen LogP contribution >= 0.6 is 11.3 Å². The Kier molecular flexibility index (Phi) is 3.58. The van der Waals surface area contributed by atoms with E-state index in [1.807, 2.05) is 12.1 Å². The molecule has 3 heterocycles. The molecule has 0 amide bonds. The molecule has 5 heteroatoms. The lowest BCUT2D eigenvalue weighted by Crippen LogP contribution is -2.26. The van der Waals surface area contributed by atoms with Gasteiger partial charge in [0.1, 0.15) is 0 Å². The number of methoxy groups -OCH3 is 2. The van der Waals surface area contributed by atoms with Gasteiger partial charge in [-0.05, 0) is 23.1 Å². The SMILES string of the molecule is COc1cc2c(cc1OC)N=C[C@@H]1CC(c3cccs3)=CN1C2. The Morgan fingerprint density at radius 1 is 1.22 bits per heavy atom. The van der Waals surface area contributed by atoms with E-state index in [2.05, 4.69) is 34.8 Å². The van der Waals surface area contributed by atoms with Gasteiger partial charge in [-0.1, -0.05) is 6.07 Å². The van der Waals surface area contributed by atoms with Crippen molar-refractivity contribution in [1.82, 2.24) is 4.90 Å². The van der Waals surface area contributed by atoms with Crippen LogP contribution in [0.4, 0.5) is 5.69 Å². The summed E-state index contributed by atoms with van der Waals surface area (Å²) in [6, 6.07) is 8.59. The molecule has 4 nitrogen and oxygen atoms in total. The molecule has 0 radical (unpaired) electrons. The predicted octanol–water partition coefficient (Wildman–Crippen LogP) is 4.10. The summed E-state index contributed by atoms with van der Waals surface area (Å²) in [7, 11) is 3.32. The number of thiophene rings is 1. The fraction of sp³-hybridized carbons (Fsp3) is 0.278. The van der Waals surface area contributed by atoms with Gasteiger partial charge < -0.3 is 14.4 Å². The van der Waals surface area contributed by atoms with Crippen LogP contribution < -0.4 is 9.47 Å². The van der Waals surface area contributed by atoms with E-state index in [0.29, 0.717) is 6.04 Å². The molecule has 1 atom stereocenters. The Morgan fingerprint density at radius 2 is 2.04 bits per heavy atom. The van der Waals surface area contributed by atoms with Crippen LogP contribution in [0.1, 0.15) is 16.9 Å². The molecule has 0 saturated carbocycles. The summed E-state index contributed by atoms with van der Waals surface area (Å²) in [5.74, 6) is 1.47. The smallest absolute Gasteiger partial charge is 0.162 e. The first-order valence-electron chi connectivity index (χ1n) is 7.58. The van der Waals surface area contributed by atoms with Gasteiger partial charge >= 0.3 is 0 Å². The molecule has 0 N–H and O–H groups in total. The van der Waals surface area contributed by atoms with Crippen molar-refractivity contribution in [3.05, 3.63) is 46.3 Å². The molecule has 0 spiro atoms. The third-order valence-electron chi connectivity index (χ3n) is 4.34. The van der Waals surface area contributed by atoms with E-state index < -0.39 is 0 Å². The molecule has 0 fully saturated rings. The topological polar surface area (TPSA) is 34.1 Å². The highest BCUT2D eigenvalue weighted by Gasteiger charge is 2.27. The van der Waals surface area contributed by atoms with E-state index in [-0.39, 0.29) is 0 Å². The summed E-state index contributed by atoms with van der Waals surface area (Å²) in [6.45, 7) is 0.829. The van der Waals surface area contributed by atoms with Crippen molar-refractivity contribution in [2.75, 3.05) is 14.2 Å². The second-order valence-corrected chi connectivity index (χ2v) is 6.64. The molecule has 1 aromatic heterocycles. The zero-order valence-corrected chi connectivity index (χ0v) is 14.0. The second kappa shape index (κ2) is 5.74. The monoisotopic (exact) mass is 326 g/mol. The highest BCUT2D eigenvalue weighted by Crippen LogP contribution is 2.39. The fourth-order valence-corrected chi connectivity index (χ4v) is 3.89. The number of benzene rings is 1. The van der Waals surface area contributed by atoms with E-state index in [4.69, 9.17) is 14.5 Å². The number of fused-ring (bicyclic) bond motifs is 2. The first-order valence-corrected chi connectivity index (χ1v) is 8.46. The van der Waals surface area contributed by atoms with Crippen LogP contribution in [0.2, 0.25) is 0 Å². The largest absolute Gasteiger partial charge is 0.493 e. The Hall–Kier alpha value is -2.27. The zero-order chi connectivity index (χ0) is 15.8. The fourth-order valence-electron chi connectivity index (χ4n) is 3.14. The zero-order valence-electron chi connectivity index (χ0n) is 13.2. The molecule has 118 valence electrons. The van der Waals surface area contributed by atoms with Gasteiger partial charge in [-0.2, -0.15) is 0 Å². The van der Waals surface area contributed by atoms with E-state index in [0.717, 1.165) is 35.7 Å². The van der Waals surface area contributed by atoms with E-state index >= 15 is 0 Å². The number of hydrogen-bond acceptors (Lipinski definition) is 5. The number of hydrogen-bond donors (Lipinski definition) is 0. The van der Waals surface area contributed by atoms with Crippen LogP contribution in [0.3, 0.4) is 0 Å². The third-order valence-corrected chi connectivity index (χ3v) is 5.28. The minimum atomic E-state index is 0.316. The van der Waals surface area contributed by atoms with Crippen molar-refractivity contribution in [3.63, 3.8) is 0 Å². The number of nitrogens with zero attached hydrogens (tertiary/aromatic N) is 2. The van der Waals surface area contributed by atoms with Gasteiger partial charge in [0.25, 0.3) is 0 Å². The minimum Gasteiger partial charge on any atom is -0.493 e. The molecular weight excluding hydrogens is 308 g/mol. The Labute approximate surface area is 139 Å². The minimum absolute atomic E-state index is 0.316. The molecule has 2 aliphatic rings. The summed E-state index contributed by atoms with van der Waals surface area (Å²) in [4.78, 5) is 8.40. The van der Waals surface area contributed by atoms with Crippen LogP contribution in [-0.4, -0.2) is 31.4 Å². The Balaban J connectivity index is 1.68. The average Bonchev–Trinajstić information content (AvgIpc) is 3.20. The average molecular weight is 326 g/mol. The molecular formula is C18H18N2O2S. The van der Waals surface area contributed by atoms with Crippen LogP contribution in [0, 0.1) is 0 Å². The van der Waals surface area contributed by atoms with Crippen LogP contribution in [-0.2, 0) is 6.54 Å². The lowest BCUT2D eigenvalue weighted by atomic mass is 10.1. The van der Waals surface area contributed by atoms with Gasteiger partial charge in [0.15, 0.2) is 11.5 Å². The van der Waals surface area contributed by atoms with E-state index in [9.17, 15) is 0 Å². The Bertz CT molecular complexity index is 781. The highest BCUT2D eigenvalue weighted by molar-refractivity contribution is 7.11. The van der Waals surface area contributed by atoms with E-state index in [1.54, 1.807) is 25.6 Å². The summed E-state index contributed by atoms with van der Waals surface area (Å²) in [5.41, 5.74) is 3.51. The first kappa shape index (κ1) is 14.3. The maximum atomic E-state index is 5.43. The first-order chi connectivity index (χ1) is 11.3. The molecule has 4 rings (SSSR count). The molecule has 0 saturated heterocycles. The maximum Gasteiger partial charge on any atom is 0.162 e. The van der Waals surface area contributed by atoms with Gasteiger partial charge in [-0.25, -0.2) is 0 Å². The van der Waals surface area contributed by atoms with Crippen molar-refractivity contribution in [2.24, 2.45) is 4.99 Å². The van der Waals surface area contributed by atoms with E-state index in [1.165, 1.54) is 10.5 Å². The van der Waals surface area contributed by atoms with Crippen molar-refractivity contribution >= 4 is 28.8 Å². The lowest BCUT2D eigenvalue weighted by Gasteiger charge is -2.20. The number of rotatable bonds is 3. The van der Waals surface area contributed by atoms with Crippen molar-refractivity contribution < 1.29 is 9.47 Å². The summed E-state index contributed by atoms with van der Waals surface area (Å²) >= 11 is 1.79. The highest BCUT2D eigenvalue weighted by atomic mass is 32.1. The van der Waals surface area contributed by atoms with Crippen LogP contribution in [0.5, 0.6) is 11.5 Å². The van der Waals surface area contributed by atoms with Crippen LogP contribution in [0.15, 0.2) is 40.8 Å². The normalized spacial score (nSPS) is 19.0.